The lowest BCUT2D eigenvalue weighted by Gasteiger charge is -2.10. The number of carboxylic acid groups (broad SMARTS) is 1. The third kappa shape index (κ3) is 4.02. The first-order valence-electron chi connectivity index (χ1n) is 6.29. The fraction of sp³-hybridized carbons (Fsp3) is 0.400. The first kappa shape index (κ1) is 15.1. The Morgan fingerprint density at radius 2 is 1.89 bits per heavy atom. The SMILES string of the molecule is CCCC/C=C/c1cc(OC)c(OC)cc1C(=O)O. The summed E-state index contributed by atoms with van der Waals surface area (Å²) in [5.41, 5.74) is 0.839. The van der Waals surface area contributed by atoms with Crippen LogP contribution in [0.4, 0.5) is 0 Å². The number of methoxy groups -OCH3 is 2. The molecule has 0 unspecified atom stereocenters. The van der Waals surface area contributed by atoms with Gasteiger partial charge in [0.15, 0.2) is 11.5 Å². The Hall–Kier alpha value is -1.97. The molecule has 0 radical (unpaired) electrons. The molecule has 0 fully saturated rings. The lowest BCUT2D eigenvalue weighted by Crippen LogP contribution is -2.02. The minimum Gasteiger partial charge on any atom is -0.493 e. The number of unbranched alkanes of at least 4 members (excludes halogenated alkanes) is 2. The summed E-state index contributed by atoms with van der Waals surface area (Å²) >= 11 is 0. The molecule has 0 bridgehead atoms. The first-order valence-corrected chi connectivity index (χ1v) is 6.29. The number of carbonyl (C=O) groups is 1. The monoisotopic (exact) mass is 264 g/mol. The van der Waals surface area contributed by atoms with Crippen molar-refractivity contribution in [2.45, 2.75) is 26.2 Å². The molecule has 0 heterocycles. The summed E-state index contributed by atoms with van der Waals surface area (Å²) in [5, 5.41) is 9.22. The summed E-state index contributed by atoms with van der Waals surface area (Å²) in [6.45, 7) is 2.12. The van der Waals surface area contributed by atoms with Crippen molar-refractivity contribution in [2.75, 3.05) is 14.2 Å². The number of ether oxygens (including phenoxy) is 2. The van der Waals surface area contributed by atoms with Gasteiger partial charge in [-0.25, -0.2) is 4.79 Å². The highest BCUT2D eigenvalue weighted by Crippen LogP contribution is 2.31. The zero-order valence-electron chi connectivity index (χ0n) is 11.6. The molecule has 0 amide bonds. The van der Waals surface area contributed by atoms with Gasteiger partial charge in [0.05, 0.1) is 19.8 Å². The molecule has 1 N–H and O–H groups in total. The van der Waals surface area contributed by atoms with E-state index in [-0.39, 0.29) is 5.56 Å². The van der Waals surface area contributed by atoms with Crippen LogP contribution in [0.3, 0.4) is 0 Å². The molecular weight excluding hydrogens is 244 g/mol. The maximum Gasteiger partial charge on any atom is 0.336 e. The molecule has 4 heteroatoms. The second-order valence-electron chi connectivity index (χ2n) is 4.14. The van der Waals surface area contributed by atoms with Crippen LogP contribution in [0, 0.1) is 0 Å². The van der Waals surface area contributed by atoms with Gasteiger partial charge in [0.2, 0.25) is 0 Å². The van der Waals surface area contributed by atoms with Gasteiger partial charge < -0.3 is 14.6 Å². The zero-order valence-corrected chi connectivity index (χ0v) is 11.6. The molecule has 0 saturated carbocycles. The third-order valence-corrected chi connectivity index (χ3v) is 2.81. The van der Waals surface area contributed by atoms with E-state index in [1.165, 1.54) is 20.3 Å². The molecule has 0 aromatic heterocycles. The number of carboxylic acids is 1. The van der Waals surface area contributed by atoms with E-state index in [2.05, 4.69) is 6.92 Å². The minimum atomic E-state index is -0.976. The summed E-state index contributed by atoms with van der Waals surface area (Å²) in [6.07, 6.45) is 6.94. The van der Waals surface area contributed by atoms with Crippen molar-refractivity contribution in [3.8, 4) is 11.5 Å². The maximum atomic E-state index is 11.2. The van der Waals surface area contributed by atoms with Crippen LogP contribution >= 0.6 is 0 Å². The predicted octanol–water partition coefficient (Wildman–Crippen LogP) is 3.61. The lowest BCUT2D eigenvalue weighted by molar-refractivity contribution is 0.0696. The van der Waals surface area contributed by atoms with Gasteiger partial charge in [0, 0.05) is 0 Å². The van der Waals surface area contributed by atoms with Gasteiger partial charge in [-0.1, -0.05) is 31.9 Å². The average molecular weight is 264 g/mol. The molecule has 0 atom stereocenters. The molecule has 0 aliphatic rings. The summed E-state index contributed by atoms with van der Waals surface area (Å²) in [4.78, 5) is 11.2. The van der Waals surface area contributed by atoms with E-state index in [1.54, 1.807) is 6.07 Å². The molecule has 0 aliphatic carbocycles. The van der Waals surface area contributed by atoms with E-state index < -0.39 is 5.97 Å². The maximum absolute atomic E-state index is 11.2. The van der Waals surface area contributed by atoms with E-state index >= 15 is 0 Å². The van der Waals surface area contributed by atoms with E-state index in [4.69, 9.17) is 9.47 Å². The van der Waals surface area contributed by atoms with E-state index in [0.717, 1.165) is 19.3 Å². The van der Waals surface area contributed by atoms with Crippen LogP contribution in [0.2, 0.25) is 0 Å². The van der Waals surface area contributed by atoms with E-state index in [9.17, 15) is 9.90 Å². The molecule has 19 heavy (non-hydrogen) atoms. The Labute approximate surface area is 113 Å². The summed E-state index contributed by atoms with van der Waals surface area (Å²) in [7, 11) is 3.02. The summed E-state index contributed by atoms with van der Waals surface area (Å²) < 4.78 is 10.3. The second-order valence-corrected chi connectivity index (χ2v) is 4.14. The van der Waals surface area contributed by atoms with Gasteiger partial charge >= 0.3 is 5.97 Å². The van der Waals surface area contributed by atoms with Crippen molar-refractivity contribution in [1.29, 1.82) is 0 Å². The van der Waals surface area contributed by atoms with Crippen LogP contribution in [-0.4, -0.2) is 25.3 Å². The average Bonchev–Trinajstić information content (AvgIpc) is 2.42. The Kier molecular flexibility index (Phi) is 5.93. The number of benzene rings is 1. The van der Waals surface area contributed by atoms with Crippen LogP contribution < -0.4 is 9.47 Å². The zero-order chi connectivity index (χ0) is 14.3. The number of allylic oxidation sites excluding steroid dienone is 1. The second kappa shape index (κ2) is 7.46. The Morgan fingerprint density at radius 3 is 2.42 bits per heavy atom. The third-order valence-electron chi connectivity index (χ3n) is 2.81. The fourth-order valence-corrected chi connectivity index (χ4v) is 1.75. The highest BCUT2D eigenvalue weighted by Gasteiger charge is 2.14. The lowest BCUT2D eigenvalue weighted by atomic mass is 10.0. The summed E-state index contributed by atoms with van der Waals surface area (Å²) in [6, 6.07) is 3.17. The molecule has 0 aliphatic heterocycles. The van der Waals surface area contributed by atoms with Crippen LogP contribution in [0.1, 0.15) is 42.1 Å². The van der Waals surface area contributed by atoms with Crippen molar-refractivity contribution in [2.24, 2.45) is 0 Å². The largest absolute Gasteiger partial charge is 0.493 e. The van der Waals surface area contributed by atoms with Gasteiger partial charge in [0.1, 0.15) is 0 Å². The number of aromatic carboxylic acids is 1. The highest BCUT2D eigenvalue weighted by molar-refractivity contribution is 5.93. The topological polar surface area (TPSA) is 55.8 Å². The van der Waals surface area contributed by atoms with Crippen LogP contribution in [0.15, 0.2) is 18.2 Å². The first-order chi connectivity index (χ1) is 9.13. The van der Waals surface area contributed by atoms with Crippen LogP contribution in [0.5, 0.6) is 11.5 Å². The fourth-order valence-electron chi connectivity index (χ4n) is 1.75. The van der Waals surface area contributed by atoms with Crippen molar-refractivity contribution >= 4 is 12.0 Å². The Bertz CT molecular complexity index is 463. The number of hydrogen-bond acceptors (Lipinski definition) is 3. The van der Waals surface area contributed by atoms with Crippen molar-refractivity contribution < 1.29 is 19.4 Å². The minimum absolute atomic E-state index is 0.213. The van der Waals surface area contributed by atoms with Crippen molar-refractivity contribution in [3.05, 3.63) is 29.3 Å². The van der Waals surface area contributed by atoms with Gasteiger partial charge in [-0.15, -0.1) is 0 Å². The Morgan fingerprint density at radius 1 is 1.26 bits per heavy atom. The molecule has 0 spiro atoms. The Balaban J connectivity index is 3.12. The van der Waals surface area contributed by atoms with E-state index in [0.29, 0.717) is 17.1 Å². The van der Waals surface area contributed by atoms with Crippen molar-refractivity contribution in [3.63, 3.8) is 0 Å². The number of hydrogen-bond donors (Lipinski definition) is 1. The smallest absolute Gasteiger partial charge is 0.336 e. The molecule has 0 saturated heterocycles. The summed E-state index contributed by atoms with van der Waals surface area (Å²) in [5.74, 6) is -0.0238. The molecule has 104 valence electrons. The number of rotatable bonds is 7. The van der Waals surface area contributed by atoms with Crippen molar-refractivity contribution in [1.82, 2.24) is 0 Å². The standard InChI is InChI=1S/C15H20O4/c1-4-5-6-7-8-11-9-13(18-2)14(19-3)10-12(11)15(16)17/h7-10H,4-6H2,1-3H3,(H,16,17)/b8-7+. The predicted molar refractivity (Wildman–Crippen MR) is 75.1 cm³/mol. The quantitative estimate of drug-likeness (QED) is 0.764. The molecular formula is C15H20O4. The highest BCUT2D eigenvalue weighted by atomic mass is 16.5. The molecule has 1 aromatic carbocycles. The van der Waals surface area contributed by atoms with Crippen LogP contribution in [0.25, 0.3) is 6.08 Å². The van der Waals surface area contributed by atoms with Gasteiger partial charge in [0.25, 0.3) is 0 Å². The van der Waals surface area contributed by atoms with Crippen LogP contribution in [-0.2, 0) is 0 Å². The molecule has 1 aromatic rings. The normalized spacial score (nSPS) is 10.7. The van der Waals surface area contributed by atoms with Gasteiger partial charge in [-0.3, -0.25) is 0 Å². The van der Waals surface area contributed by atoms with Gasteiger partial charge in [-0.05, 0) is 24.1 Å². The molecule has 1 rings (SSSR count). The van der Waals surface area contributed by atoms with E-state index in [1.807, 2.05) is 12.2 Å². The molecule has 4 nitrogen and oxygen atoms in total. The van der Waals surface area contributed by atoms with Gasteiger partial charge in [-0.2, -0.15) is 0 Å².